The Morgan fingerprint density at radius 2 is 1.78 bits per heavy atom. The largest absolute Gasteiger partial charge is 0.448 e. The first-order valence-electron chi connectivity index (χ1n) is 10.0. The zero-order valence-electron chi connectivity index (χ0n) is 15.4. The summed E-state index contributed by atoms with van der Waals surface area (Å²) in [6.45, 7) is 3.79. The van der Waals surface area contributed by atoms with Gasteiger partial charge in [-0.2, -0.15) is 4.99 Å². The monoisotopic (exact) mass is 368 g/mol. The molecular formula is C21H24N2O4. The molecular weight excluding hydrogens is 344 g/mol. The van der Waals surface area contributed by atoms with Crippen LogP contribution in [-0.2, 0) is 31.2 Å². The highest BCUT2D eigenvalue weighted by atomic mass is 16.5. The number of nitrogens with zero attached hydrogens (tertiary/aromatic N) is 2. The summed E-state index contributed by atoms with van der Waals surface area (Å²) < 4.78 is 18.0. The summed E-state index contributed by atoms with van der Waals surface area (Å²) >= 11 is 0. The molecule has 1 aromatic rings. The lowest BCUT2D eigenvalue weighted by molar-refractivity contribution is -0.131. The number of amidine groups is 1. The maximum absolute atomic E-state index is 12.7. The van der Waals surface area contributed by atoms with E-state index in [1.165, 1.54) is 11.1 Å². The molecule has 27 heavy (non-hydrogen) atoms. The van der Waals surface area contributed by atoms with Gasteiger partial charge in [-0.1, -0.05) is 24.3 Å². The molecule has 2 spiro atoms. The number of hydrogen-bond acceptors (Lipinski definition) is 5. The van der Waals surface area contributed by atoms with E-state index < -0.39 is 5.60 Å². The molecule has 5 aliphatic rings. The molecule has 1 aliphatic carbocycles. The zero-order chi connectivity index (χ0) is 18.1. The molecule has 6 nitrogen and oxygen atoms in total. The summed E-state index contributed by atoms with van der Waals surface area (Å²) in [4.78, 5) is 19.2. The number of rotatable bonds is 0. The van der Waals surface area contributed by atoms with E-state index in [2.05, 4.69) is 34.2 Å². The summed E-state index contributed by atoms with van der Waals surface area (Å²) in [6.07, 6.45) is 3.29. The molecule has 3 atom stereocenters. The van der Waals surface area contributed by atoms with Crippen LogP contribution >= 0.6 is 0 Å². The second-order valence-corrected chi connectivity index (χ2v) is 8.69. The number of likely N-dealkylation sites (tertiary alicyclic amines) is 1. The second kappa shape index (κ2) is 5.55. The van der Waals surface area contributed by atoms with Gasteiger partial charge in [-0.15, -0.1) is 0 Å². The highest BCUT2D eigenvalue weighted by Crippen LogP contribution is 2.49. The third kappa shape index (κ3) is 2.26. The molecule has 142 valence electrons. The van der Waals surface area contributed by atoms with Gasteiger partial charge in [-0.3, -0.25) is 4.79 Å². The van der Waals surface area contributed by atoms with Crippen LogP contribution in [0.1, 0.15) is 36.8 Å². The van der Waals surface area contributed by atoms with Crippen LogP contribution in [-0.4, -0.2) is 48.7 Å². The van der Waals surface area contributed by atoms with Crippen molar-refractivity contribution in [1.82, 2.24) is 4.90 Å². The molecule has 6 heteroatoms. The van der Waals surface area contributed by atoms with Gasteiger partial charge < -0.3 is 19.1 Å². The Hall–Kier alpha value is -1.92. The normalized spacial score (nSPS) is 36.2. The van der Waals surface area contributed by atoms with Crippen LogP contribution in [0.2, 0.25) is 0 Å². The van der Waals surface area contributed by atoms with Gasteiger partial charge in [0.1, 0.15) is 0 Å². The van der Waals surface area contributed by atoms with Crippen LogP contribution in [0.25, 0.3) is 0 Å². The number of amides is 1. The van der Waals surface area contributed by atoms with Crippen molar-refractivity contribution in [3.8, 4) is 0 Å². The minimum Gasteiger partial charge on any atom is -0.448 e. The standard InChI is InChI=1S/C21H24N2O4/c24-18-21(9-15-11-25-12-16(15)10-21)27-19(22-18)23-7-5-20(6-8-23)17-4-2-1-3-14(17)13-26-20/h1-4,15-16H,5-13H2/t15-,16+,21?. The highest BCUT2D eigenvalue weighted by Gasteiger charge is 2.58. The molecule has 0 radical (unpaired) electrons. The van der Waals surface area contributed by atoms with E-state index in [4.69, 9.17) is 14.2 Å². The van der Waals surface area contributed by atoms with Crippen LogP contribution in [0.5, 0.6) is 0 Å². The first-order chi connectivity index (χ1) is 13.2. The fraction of sp³-hybridized carbons (Fsp3) is 0.619. The van der Waals surface area contributed by atoms with Gasteiger partial charge in [0.15, 0.2) is 5.60 Å². The van der Waals surface area contributed by atoms with Gasteiger partial charge in [0, 0.05) is 39.1 Å². The van der Waals surface area contributed by atoms with E-state index in [1.807, 2.05) is 0 Å². The van der Waals surface area contributed by atoms with Crippen LogP contribution in [0.15, 0.2) is 29.3 Å². The zero-order valence-corrected chi connectivity index (χ0v) is 15.4. The van der Waals surface area contributed by atoms with Crippen LogP contribution in [0, 0.1) is 11.8 Å². The lowest BCUT2D eigenvalue weighted by Crippen LogP contribution is -2.46. The number of benzene rings is 1. The molecule has 0 N–H and O–H groups in total. The summed E-state index contributed by atoms with van der Waals surface area (Å²) in [6, 6.07) is 9.05. The Balaban J connectivity index is 1.17. The molecule has 2 saturated heterocycles. The molecule has 6 rings (SSSR count). The maximum Gasteiger partial charge on any atom is 0.296 e. The van der Waals surface area contributed by atoms with Gasteiger partial charge in [0.25, 0.3) is 11.9 Å². The first kappa shape index (κ1) is 16.1. The van der Waals surface area contributed by atoms with Crippen molar-refractivity contribution in [3.63, 3.8) is 0 Å². The molecule has 1 aromatic carbocycles. The number of piperidine rings is 1. The molecule has 0 bridgehead atoms. The van der Waals surface area contributed by atoms with Crippen molar-refractivity contribution < 1.29 is 19.0 Å². The lowest BCUT2D eigenvalue weighted by atomic mass is 9.84. The van der Waals surface area contributed by atoms with Crippen LogP contribution in [0.4, 0.5) is 0 Å². The Kier molecular flexibility index (Phi) is 3.30. The van der Waals surface area contributed by atoms with E-state index in [9.17, 15) is 4.79 Å². The van der Waals surface area contributed by atoms with E-state index >= 15 is 0 Å². The summed E-state index contributed by atoms with van der Waals surface area (Å²) in [5.74, 6) is 0.794. The smallest absolute Gasteiger partial charge is 0.296 e. The SMILES string of the molecule is O=C1N=C(N2CCC3(CC2)OCc2ccccc23)OC12C[C@H]1COC[C@H]1C2. The van der Waals surface area contributed by atoms with E-state index in [0.29, 0.717) is 24.5 Å². The van der Waals surface area contributed by atoms with E-state index in [1.54, 1.807) is 0 Å². The maximum atomic E-state index is 12.7. The van der Waals surface area contributed by atoms with E-state index in [-0.39, 0.29) is 11.5 Å². The molecule has 1 amide bonds. The fourth-order valence-electron chi connectivity index (χ4n) is 5.70. The van der Waals surface area contributed by atoms with Crippen molar-refractivity contribution in [3.05, 3.63) is 35.4 Å². The highest BCUT2D eigenvalue weighted by molar-refractivity contribution is 6.01. The third-order valence-corrected chi connectivity index (χ3v) is 7.24. The number of fused-ring (bicyclic) bond motifs is 3. The van der Waals surface area contributed by atoms with Crippen molar-refractivity contribution in [2.24, 2.45) is 16.8 Å². The molecule has 3 fully saturated rings. The lowest BCUT2D eigenvalue weighted by Gasteiger charge is -2.39. The number of carbonyl (C=O) groups excluding carboxylic acids is 1. The Morgan fingerprint density at radius 1 is 1.04 bits per heavy atom. The predicted molar refractivity (Wildman–Crippen MR) is 97.0 cm³/mol. The number of ether oxygens (including phenoxy) is 3. The molecule has 4 heterocycles. The fourth-order valence-corrected chi connectivity index (χ4v) is 5.70. The minimum atomic E-state index is -0.722. The van der Waals surface area contributed by atoms with Gasteiger partial charge in [0.05, 0.1) is 12.2 Å². The summed E-state index contributed by atoms with van der Waals surface area (Å²) in [5.41, 5.74) is 1.72. The summed E-state index contributed by atoms with van der Waals surface area (Å²) in [7, 11) is 0. The van der Waals surface area contributed by atoms with Crippen molar-refractivity contribution >= 4 is 11.9 Å². The topological polar surface area (TPSA) is 60.4 Å². The first-order valence-corrected chi connectivity index (χ1v) is 10.0. The molecule has 0 aromatic heterocycles. The molecule has 4 aliphatic heterocycles. The van der Waals surface area contributed by atoms with Gasteiger partial charge in [-0.05, 0) is 35.8 Å². The number of aliphatic imine (C=N–C) groups is 1. The Labute approximate surface area is 158 Å². The Morgan fingerprint density at radius 3 is 2.56 bits per heavy atom. The van der Waals surface area contributed by atoms with Gasteiger partial charge in [-0.25, -0.2) is 0 Å². The quantitative estimate of drug-likeness (QED) is 0.703. The van der Waals surface area contributed by atoms with Crippen molar-refractivity contribution in [2.75, 3.05) is 26.3 Å². The third-order valence-electron chi connectivity index (χ3n) is 7.24. The number of carbonyl (C=O) groups is 1. The predicted octanol–water partition coefficient (Wildman–Crippen LogP) is 2.22. The van der Waals surface area contributed by atoms with Crippen LogP contribution in [0.3, 0.4) is 0 Å². The molecule has 1 saturated carbocycles. The summed E-state index contributed by atoms with van der Waals surface area (Å²) in [5, 5.41) is 0. The minimum absolute atomic E-state index is 0.0883. The van der Waals surface area contributed by atoms with Gasteiger partial charge >= 0.3 is 0 Å². The average molecular weight is 368 g/mol. The average Bonchev–Trinajstić information content (AvgIpc) is 3.42. The molecule has 1 unspecified atom stereocenters. The Bertz CT molecular complexity index is 815. The van der Waals surface area contributed by atoms with Crippen molar-refractivity contribution in [2.45, 2.75) is 43.5 Å². The number of hydrogen-bond donors (Lipinski definition) is 0. The van der Waals surface area contributed by atoms with Crippen molar-refractivity contribution in [1.29, 1.82) is 0 Å². The van der Waals surface area contributed by atoms with E-state index in [0.717, 1.165) is 52.0 Å². The van der Waals surface area contributed by atoms with Crippen LogP contribution < -0.4 is 0 Å². The van der Waals surface area contributed by atoms with Gasteiger partial charge in [0.2, 0.25) is 0 Å². The second-order valence-electron chi connectivity index (χ2n) is 8.69.